The number of furan rings is 1. The summed E-state index contributed by atoms with van der Waals surface area (Å²) in [5.41, 5.74) is 0. The molecule has 3 heterocycles. The summed E-state index contributed by atoms with van der Waals surface area (Å²) in [5, 5.41) is 2.66. The van der Waals surface area contributed by atoms with Crippen molar-refractivity contribution in [2.75, 3.05) is 39.4 Å². The van der Waals surface area contributed by atoms with Crippen LogP contribution in [0.3, 0.4) is 0 Å². The largest absolute Gasteiger partial charge is 0.454 e. The van der Waals surface area contributed by atoms with Gasteiger partial charge in [0.2, 0.25) is 5.91 Å². The number of nitrogens with zero attached hydrogens (tertiary/aromatic N) is 2. The SMILES string of the molecule is CC(=O)NCc1ccc(C(=O)N2CC(C)C(N3CCOCC3)C2)o1. The molecule has 3 rings (SSSR count). The van der Waals surface area contributed by atoms with Crippen molar-refractivity contribution in [3.05, 3.63) is 23.7 Å². The number of rotatable bonds is 4. The summed E-state index contributed by atoms with van der Waals surface area (Å²) in [4.78, 5) is 27.9. The van der Waals surface area contributed by atoms with E-state index >= 15 is 0 Å². The molecule has 0 bridgehead atoms. The van der Waals surface area contributed by atoms with Gasteiger partial charge in [-0.05, 0) is 18.1 Å². The molecular weight excluding hydrogens is 310 g/mol. The normalized spacial score (nSPS) is 25.0. The minimum Gasteiger partial charge on any atom is -0.454 e. The Morgan fingerprint density at radius 2 is 2.00 bits per heavy atom. The molecule has 0 radical (unpaired) electrons. The molecule has 2 amide bonds. The van der Waals surface area contributed by atoms with Gasteiger partial charge in [0.15, 0.2) is 5.76 Å². The molecule has 2 atom stereocenters. The van der Waals surface area contributed by atoms with Crippen molar-refractivity contribution >= 4 is 11.8 Å². The van der Waals surface area contributed by atoms with E-state index in [0.717, 1.165) is 39.4 Å². The maximum atomic E-state index is 12.7. The molecule has 0 aliphatic carbocycles. The Bertz CT molecular complexity index is 594. The number of ether oxygens (including phenoxy) is 1. The molecule has 2 unspecified atom stereocenters. The fourth-order valence-electron chi connectivity index (χ4n) is 3.46. The zero-order chi connectivity index (χ0) is 17.1. The van der Waals surface area contributed by atoms with Crippen molar-refractivity contribution in [3.63, 3.8) is 0 Å². The van der Waals surface area contributed by atoms with Crippen molar-refractivity contribution in [1.29, 1.82) is 0 Å². The molecule has 2 aliphatic rings. The number of nitrogens with one attached hydrogen (secondary N) is 1. The number of hydrogen-bond donors (Lipinski definition) is 1. The quantitative estimate of drug-likeness (QED) is 0.877. The van der Waals surface area contributed by atoms with Crippen molar-refractivity contribution in [2.24, 2.45) is 5.92 Å². The van der Waals surface area contributed by atoms with E-state index in [1.807, 2.05) is 4.90 Å². The number of likely N-dealkylation sites (tertiary alicyclic amines) is 1. The smallest absolute Gasteiger partial charge is 0.289 e. The molecule has 24 heavy (non-hydrogen) atoms. The van der Waals surface area contributed by atoms with Crippen molar-refractivity contribution in [1.82, 2.24) is 15.1 Å². The lowest BCUT2D eigenvalue weighted by atomic mass is 10.0. The average Bonchev–Trinajstić information content (AvgIpc) is 3.20. The molecule has 7 heteroatoms. The third kappa shape index (κ3) is 3.79. The van der Waals surface area contributed by atoms with Gasteiger partial charge in [-0.2, -0.15) is 0 Å². The fourth-order valence-corrected chi connectivity index (χ4v) is 3.46. The lowest BCUT2D eigenvalue weighted by molar-refractivity contribution is -0.119. The highest BCUT2D eigenvalue weighted by Crippen LogP contribution is 2.24. The van der Waals surface area contributed by atoms with Crippen LogP contribution in [0.25, 0.3) is 0 Å². The van der Waals surface area contributed by atoms with Gasteiger partial charge in [0.05, 0.1) is 19.8 Å². The first-order valence-corrected chi connectivity index (χ1v) is 8.49. The molecule has 0 aromatic carbocycles. The molecule has 2 saturated heterocycles. The second-order valence-electron chi connectivity index (χ2n) is 6.58. The second kappa shape index (κ2) is 7.36. The van der Waals surface area contributed by atoms with Crippen LogP contribution in [0.15, 0.2) is 16.5 Å². The summed E-state index contributed by atoms with van der Waals surface area (Å²) < 4.78 is 11.0. The minimum absolute atomic E-state index is 0.0771. The van der Waals surface area contributed by atoms with E-state index in [9.17, 15) is 9.59 Å². The summed E-state index contributed by atoms with van der Waals surface area (Å²) in [7, 11) is 0. The maximum absolute atomic E-state index is 12.7. The number of morpholine rings is 1. The maximum Gasteiger partial charge on any atom is 0.289 e. The summed E-state index contributed by atoms with van der Waals surface area (Å²) in [6.45, 7) is 8.80. The Balaban J connectivity index is 1.60. The topological polar surface area (TPSA) is 75.0 Å². The molecular formula is C17H25N3O4. The highest BCUT2D eigenvalue weighted by Gasteiger charge is 2.37. The van der Waals surface area contributed by atoms with Gasteiger partial charge in [0, 0.05) is 39.1 Å². The Hall–Kier alpha value is -1.86. The van der Waals surface area contributed by atoms with Gasteiger partial charge in [-0.15, -0.1) is 0 Å². The van der Waals surface area contributed by atoms with Crippen LogP contribution in [0.1, 0.15) is 30.2 Å². The highest BCUT2D eigenvalue weighted by molar-refractivity contribution is 5.91. The van der Waals surface area contributed by atoms with E-state index < -0.39 is 0 Å². The van der Waals surface area contributed by atoms with Crippen LogP contribution in [-0.2, 0) is 16.1 Å². The fraction of sp³-hybridized carbons (Fsp3) is 0.647. The Kier molecular flexibility index (Phi) is 5.20. The molecule has 2 fully saturated rings. The summed E-state index contributed by atoms with van der Waals surface area (Å²) in [6.07, 6.45) is 0. The lowest BCUT2D eigenvalue weighted by Crippen LogP contribution is -2.47. The van der Waals surface area contributed by atoms with Gasteiger partial charge in [-0.1, -0.05) is 6.92 Å². The number of carbonyl (C=O) groups is 2. The van der Waals surface area contributed by atoms with E-state index in [1.165, 1.54) is 6.92 Å². The van der Waals surface area contributed by atoms with Crippen LogP contribution in [-0.4, -0.2) is 67.0 Å². The van der Waals surface area contributed by atoms with Crippen LogP contribution in [0.4, 0.5) is 0 Å². The predicted molar refractivity (Wildman–Crippen MR) is 87.5 cm³/mol. The van der Waals surface area contributed by atoms with Gasteiger partial charge in [0.25, 0.3) is 5.91 Å². The van der Waals surface area contributed by atoms with Crippen molar-refractivity contribution in [2.45, 2.75) is 26.4 Å². The zero-order valence-electron chi connectivity index (χ0n) is 14.3. The number of hydrogen-bond acceptors (Lipinski definition) is 5. The number of amides is 2. The van der Waals surface area contributed by atoms with E-state index in [2.05, 4.69) is 17.1 Å². The molecule has 7 nitrogen and oxygen atoms in total. The van der Waals surface area contributed by atoms with Gasteiger partial charge < -0.3 is 19.4 Å². The van der Waals surface area contributed by atoms with Crippen LogP contribution in [0.2, 0.25) is 0 Å². The molecule has 1 aromatic heterocycles. The van der Waals surface area contributed by atoms with Gasteiger partial charge in [-0.3, -0.25) is 14.5 Å². The first kappa shape index (κ1) is 17.0. The Labute approximate surface area is 141 Å². The van der Waals surface area contributed by atoms with Crippen LogP contribution in [0, 0.1) is 5.92 Å². The minimum atomic E-state index is -0.124. The summed E-state index contributed by atoms with van der Waals surface area (Å²) >= 11 is 0. The third-order valence-electron chi connectivity index (χ3n) is 4.76. The molecule has 1 aromatic rings. The summed E-state index contributed by atoms with van der Waals surface area (Å²) in [6, 6.07) is 3.81. The van der Waals surface area contributed by atoms with Gasteiger partial charge in [-0.25, -0.2) is 0 Å². The monoisotopic (exact) mass is 335 g/mol. The first-order valence-electron chi connectivity index (χ1n) is 8.49. The van der Waals surface area contributed by atoms with Crippen LogP contribution >= 0.6 is 0 Å². The van der Waals surface area contributed by atoms with E-state index in [0.29, 0.717) is 30.0 Å². The molecule has 0 spiro atoms. The molecule has 0 saturated carbocycles. The average molecular weight is 335 g/mol. The predicted octanol–water partition coefficient (Wildman–Crippen LogP) is 0.708. The first-order chi connectivity index (χ1) is 11.5. The number of carbonyl (C=O) groups excluding carboxylic acids is 2. The van der Waals surface area contributed by atoms with E-state index in [-0.39, 0.29) is 11.8 Å². The van der Waals surface area contributed by atoms with Gasteiger partial charge >= 0.3 is 0 Å². The molecule has 1 N–H and O–H groups in total. The third-order valence-corrected chi connectivity index (χ3v) is 4.76. The van der Waals surface area contributed by atoms with Crippen LogP contribution < -0.4 is 5.32 Å². The van der Waals surface area contributed by atoms with Crippen molar-refractivity contribution in [3.8, 4) is 0 Å². The molecule has 2 aliphatic heterocycles. The zero-order valence-corrected chi connectivity index (χ0v) is 14.3. The summed E-state index contributed by atoms with van der Waals surface area (Å²) in [5.74, 6) is 1.16. The highest BCUT2D eigenvalue weighted by atomic mass is 16.5. The van der Waals surface area contributed by atoms with Crippen LogP contribution in [0.5, 0.6) is 0 Å². The lowest BCUT2D eigenvalue weighted by Gasteiger charge is -2.33. The van der Waals surface area contributed by atoms with E-state index in [1.54, 1.807) is 12.1 Å². The van der Waals surface area contributed by atoms with E-state index in [4.69, 9.17) is 9.15 Å². The van der Waals surface area contributed by atoms with Gasteiger partial charge in [0.1, 0.15) is 5.76 Å². The second-order valence-corrected chi connectivity index (χ2v) is 6.58. The Morgan fingerprint density at radius 1 is 1.25 bits per heavy atom. The van der Waals surface area contributed by atoms with Crippen molar-refractivity contribution < 1.29 is 18.7 Å². The standard InChI is InChI=1S/C17H25N3O4/c1-12-10-20(11-15(12)19-5-7-23-8-6-19)17(22)16-4-3-14(24-16)9-18-13(2)21/h3-4,12,15H,5-11H2,1-2H3,(H,18,21). The Morgan fingerprint density at radius 3 is 2.71 bits per heavy atom. The molecule has 132 valence electrons.